The van der Waals surface area contributed by atoms with Gasteiger partial charge >= 0.3 is 6.03 Å². The average Bonchev–Trinajstić information content (AvgIpc) is 3.20. The van der Waals surface area contributed by atoms with Crippen LogP contribution in [0.2, 0.25) is 0 Å². The molecule has 2 aromatic carbocycles. The van der Waals surface area contributed by atoms with Gasteiger partial charge in [0, 0.05) is 18.2 Å². The number of likely N-dealkylation sites (tertiary alicyclic amines) is 1. The second-order valence-electron chi connectivity index (χ2n) is 6.86. The Morgan fingerprint density at radius 3 is 2.75 bits per heavy atom. The molecule has 0 aliphatic carbocycles. The molecule has 0 aromatic heterocycles. The molecule has 1 aliphatic rings. The van der Waals surface area contributed by atoms with Gasteiger partial charge in [-0.3, -0.25) is 0 Å². The first kappa shape index (κ1) is 19.9. The van der Waals surface area contributed by atoms with E-state index < -0.39 is 0 Å². The Morgan fingerprint density at radius 2 is 2.00 bits per heavy atom. The number of amides is 2. The Hall–Kier alpha value is -2.89. The van der Waals surface area contributed by atoms with Crippen molar-refractivity contribution < 1.29 is 19.0 Å². The van der Waals surface area contributed by atoms with Crippen LogP contribution in [0, 0.1) is 6.92 Å². The van der Waals surface area contributed by atoms with Crippen molar-refractivity contribution in [3.63, 3.8) is 0 Å². The molecule has 2 aromatic rings. The van der Waals surface area contributed by atoms with Gasteiger partial charge in [-0.05, 0) is 49.6 Å². The normalized spacial score (nSPS) is 16.0. The van der Waals surface area contributed by atoms with Crippen LogP contribution in [-0.2, 0) is 0 Å². The molecule has 1 aliphatic heterocycles. The van der Waals surface area contributed by atoms with Gasteiger partial charge in [-0.25, -0.2) is 4.79 Å². The van der Waals surface area contributed by atoms with E-state index >= 15 is 0 Å². The topological polar surface area (TPSA) is 60.0 Å². The fraction of sp³-hybridized carbons (Fsp3) is 0.409. The Morgan fingerprint density at radius 1 is 1.14 bits per heavy atom. The lowest BCUT2D eigenvalue weighted by Gasteiger charge is -2.26. The van der Waals surface area contributed by atoms with Crippen LogP contribution < -0.4 is 19.5 Å². The molecule has 0 radical (unpaired) electrons. The Kier molecular flexibility index (Phi) is 6.63. The summed E-state index contributed by atoms with van der Waals surface area (Å²) < 4.78 is 16.5. The quantitative estimate of drug-likeness (QED) is 0.735. The molecule has 28 heavy (non-hydrogen) atoms. The van der Waals surface area contributed by atoms with Gasteiger partial charge in [-0.2, -0.15) is 0 Å². The fourth-order valence-corrected chi connectivity index (χ4v) is 3.56. The summed E-state index contributed by atoms with van der Waals surface area (Å²) in [6.45, 7) is 3.63. The first-order valence-electron chi connectivity index (χ1n) is 9.58. The standard InChI is InChI=1S/C22H28N2O4/c1-16-6-4-7-18(14-16)28-13-11-23-22(25)24-12-5-8-20(24)19-10-9-17(26-2)15-21(19)27-3/h4,6-7,9-10,14-15,20H,5,8,11-13H2,1-3H3,(H,23,25). The minimum Gasteiger partial charge on any atom is -0.497 e. The smallest absolute Gasteiger partial charge is 0.318 e. The lowest BCUT2D eigenvalue weighted by molar-refractivity contribution is 0.189. The molecule has 0 saturated carbocycles. The van der Waals surface area contributed by atoms with Crippen molar-refractivity contribution in [2.24, 2.45) is 0 Å². The van der Waals surface area contributed by atoms with E-state index in [0.717, 1.165) is 47.8 Å². The summed E-state index contributed by atoms with van der Waals surface area (Å²) in [5.41, 5.74) is 2.15. The third kappa shape index (κ3) is 4.68. The molecule has 1 atom stereocenters. The van der Waals surface area contributed by atoms with Gasteiger partial charge in [0.1, 0.15) is 23.9 Å². The zero-order chi connectivity index (χ0) is 19.9. The van der Waals surface area contributed by atoms with E-state index in [4.69, 9.17) is 14.2 Å². The molecule has 3 rings (SSSR count). The monoisotopic (exact) mass is 384 g/mol. The molecule has 6 nitrogen and oxygen atoms in total. The highest BCUT2D eigenvalue weighted by molar-refractivity contribution is 5.75. The van der Waals surface area contributed by atoms with Crippen molar-refractivity contribution in [1.82, 2.24) is 10.2 Å². The number of hydrogen-bond acceptors (Lipinski definition) is 4. The first-order valence-corrected chi connectivity index (χ1v) is 9.58. The Labute approximate surface area is 166 Å². The van der Waals surface area contributed by atoms with E-state index in [1.807, 2.05) is 54.3 Å². The maximum absolute atomic E-state index is 12.7. The van der Waals surface area contributed by atoms with E-state index in [1.165, 1.54) is 0 Å². The highest BCUT2D eigenvalue weighted by Gasteiger charge is 2.31. The van der Waals surface area contributed by atoms with Crippen LogP contribution in [0.15, 0.2) is 42.5 Å². The van der Waals surface area contributed by atoms with Crippen LogP contribution in [0.1, 0.15) is 30.0 Å². The van der Waals surface area contributed by atoms with Gasteiger partial charge in [-0.1, -0.05) is 12.1 Å². The van der Waals surface area contributed by atoms with Gasteiger partial charge < -0.3 is 24.4 Å². The van der Waals surface area contributed by atoms with Crippen LogP contribution in [0.4, 0.5) is 4.79 Å². The average molecular weight is 384 g/mol. The number of hydrogen-bond donors (Lipinski definition) is 1. The third-order valence-corrected chi connectivity index (χ3v) is 4.95. The summed E-state index contributed by atoms with van der Waals surface area (Å²) in [5.74, 6) is 2.30. The number of urea groups is 1. The summed E-state index contributed by atoms with van der Waals surface area (Å²) in [6, 6.07) is 13.5. The SMILES string of the molecule is COc1ccc(C2CCCN2C(=O)NCCOc2cccc(C)c2)c(OC)c1. The lowest BCUT2D eigenvalue weighted by Crippen LogP contribution is -2.41. The minimum atomic E-state index is -0.0757. The van der Waals surface area contributed by atoms with Gasteiger partial charge in [-0.15, -0.1) is 0 Å². The summed E-state index contributed by atoms with van der Waals surface area (Å²) in [6.07, 6.45) is 1.88. The molecule has 1 heterocycles. The van der Waals surface area contributed by atoms with E-state index in [9.17, 15) is 4.79 Å². The maximum Gasteiger partial charge on any atom is 0.318 e. The van der Waals surface area contributed by atoms with Crippen molar-refractivity contribution in [2.75, 3.05) is 33.9 Å². The van der Waals surface area contributed by atoms with Crippen molar-refractivity contribution in [3.8, 4) is 17.2 Å². The van der Waals surface area contributed by atoms with Crippen LogP contribution >= 0.6 is 0 Å². The molecule has 6 heteroatoms. The van der Waals surface area contributed by atoms with Gasteiger partial charge in [0.05, 0.1) is 26.8 Å². The van der Waals surface area contributed by atoms with Gasteiger partial charge in [0.15, 0.2) is 0 Å². The number of aryl methyl sites for hydroxylation is 1. The third-order valence-electron chi connectivity index (χ3n) is 4.95. The highest BCUT2D eigenvalue weighted by atomic mass is 16.5. The molecular formula is C22H28N2O4. The van der Waals surface area contributed by atoms with Crippen LogP contribution in [-0.4, -0.2) is 44.8 Å². The highest BCUT2D eigenvalue weighted by Crippen LogP contribution is 2.38. The lowest BCUT2D eigenvalue weighted by atomic mass is 10.0. The van der Waals surface area contributed by atoms with Crippen molar-refractivity contribution in [3.05, 3.63) is 53.6 Å². The van der Waals surface area contributed by atoms with Gasteiger partial charge in [0.2, 0.25) is 0 Å². The zero-order valence-corrected chi connectivity index (χ0v) is 16.7. The molecular weight excluding hydrogens is 356 g/mol. The molecule has 2 amide bonds. The summed E-state index contributed by atoms with van der Waals surface area (Å²) in [4.78, 5) is 14.6. The van der Waals surface area contributed by atoms with Crippen LogP contribution in [0.25, 0.3) is 0 Å². The molecule has 0 bridgehead atoms. The molecule has 1 fully saturated rings. The summed E-state index contributed by atoms with van der Waals surface area (Å²) in [5, 5.41) is 2.97. The Balaban J connectivity index is 1.57. The number of nitrogens with one attached hydrogen (secondary N) is 1. The predicted octanol–water partition coefficient (Wildman–Crippen LogP) is 3.94. The van der Waals surface area contributed by atoms with E-state index in [-0.39, 0.29) is 12.1 Å². The fourth-order valence-electron chi connectivity index (χ4n) is 3.56. The number of nitrogens with zero attached hydrogens (tertiary/aromatic N) is 1. The largest absolute Gasteiger partial charge is 0.497 e. The van der Waals surface area contributed by atoms with Crippen LogP contribution in [0.5, 0.6) is 17.2 Å². The second kappa shape index (κ2) is 9.35. The number of ether oxygens (including phenoxy) is 3. The first-order chi connectivity index (χ1) is 13.6. The molecule has 0 spiro atoms. The predicted molar refractivity (Wildman–Crippen MR) is 108 cm³/mol. The summed E-state index contributed by atoms with van der Waals surface area (Å²) in [7, 11) is 3.27. The molecule has 150 valence electrons. The molecule has 1 N–H and O–H groups in total. The van der Waals surface area contributed by atoms with Gasteiger partial charge in [0.25, 0.3) is 0 Å². The zero-order valence-electron chi connectivity index (χ0n) is 16.7. The maximum atomic E-state index is 12.7. The number of carbonyl (C=O) groups is 1. The number of benzene rings is 2. The van der Waals surface area contributed by atoms with E-state index in [1.54, 1.807) is 14.2 Å². The van der Waals surface area contributed by atoms with Crippen molar-refractivity contribution in [1.29, 1.82) is 0 Å². The van der Waals surface area contributed by atoms with E-state index in [2.05, 4.69) is 5.32 Å². The summed E-state index contributed by atoms with van der Waals surface area (Å²) >= 11 is 0. The minimum absolute atomic E-state index is 0.00134. The number of carbonyl (C=O) groups excluding carboxylic acids is 1. The van der Waals surface area contributed by atoms with Crippen molar-refractivity contribution in [2.45, 2.75) is 25.8 Å². The van der Waals surface area contributed by atoms with E-state index in [0.29, 0.717) is 13.2 Å². The van der Waals surface area contributed by atoms with Crippen LogP contribution in [0.3, 0.4) is 0 Å². The van der Waals surface area contributed by atoms with Crippen molar-refractivity contribution >= 4 is 6.03 Å². The second-order valence-corrected chi connectivity index (χ2v) is 6.86. The number of methoxy groups -OCH3 is 2. The molecule has 1 unspecified atom stereocenters. The Bertz CT molecular complexity index is 809. The molecule has 1 saturated heterocycles. The number of rotatable bonds is 7.